The van der Waals surface area contributed by atoms with Crippen LogP contribution in [-0.4, -0.2) is 18.7 Å². The van der Waals surface area contributed by atoms with Gasteiger partial charge in [-0.25, -0.2) is 0 Å². The van der Waals surface area contributed by atoms with Crippen molar-refractivity contribution in [3.05, 3.63) is 0 Å². The van der Waals surface area contributed by atoms with Crippen LogP contribution in [0.15, 0.2) is 0 Å². The Hall–Kier alpha value is -0.860. The molecule has 14 heavy (non-hydrogen) atoms. The van der Waals surface area contributed by atoms with Gasteiger partial charge in [-0.05, 0) is 12.8 Å². The summed E-state index contributed by atoms with van der Waals surface area (Å²) in [6, 6.07) is 0. The van der Waals surface area contributed by atoms with E-state index in [-0.39, 0.29) is 12.9 Å². The molecule has 0 aromatic heterocycles. The molecule has 3 nitrogen and oxygen atoms in total. The zero-order chi connectivity index (χ0) is 11.5. The molecule has 0 radical (unpaired) electrons. The maximum Gasteiger partial charge on any atom is 0.219 e. The Morgan fingerprint density at radius 2 is 1.79 bits per heavy atom. The maximum atomic E-state index is 11.0. The fourth-order valence-corrected chi connectivity index (χ4v) is 1.23. The van der Waals surface area contributed by atoms with Crippen LogP contribution >= 0.6 is 0 Å². The topological polar surface area (TPSA) is 46.2 Å². The zero-order valence-electron chi connectivity index (χ0n) is 9.97. The highest BCUT2D eigenvalue weighted by Gasteiger charge is 1.99. The SMILES string of the molecule is [3H]CNC(=O)CCCCCCC(=O)CC. The summed E-state index contributed by atoms with van der Waals surface area (Å²) in [6.45, 7) is 1.88. The third kappa shape index (κ3) is 7.77. The van der Waals surface area contributed by atoms with Gasteiger partial charge in [0.2, 0.25) is 5.91 Å². The lowest BCUT2D eigenvalue weighted by Gasteiger charge is -2.00. The first-order valence-corrected chi connectivity index (χ1v) is 5.28. The number of rotatable bonds is 8. The summed E-state index contributed by atoms with van der Waals surface area (Å²) < 4.78 is 6.78. The van der Waals surface area contributed by atoms with Gasteiger partial charge in [0.25, 0.3) is 0 Å². The van der Waals surface area contributed by atoms with Crippen LogP contribution < -0.4 is 5.32 Å². The third-order valence-electron chi connectivity index (χ3n) is 2.20. The summed E-state index contributed by atoms with van der Waals surface area (Å²) in [5, 5.41) is 2.44. The van der Waals surface area contributed by atoms with Gasteiger partial charge in [0, 0.05) is 27.7 Å². The predicted octanol–water partition coefficient (Wildman–Crippen LogP) is 2.05. The Labute approximate surface area is 87.7 Å². The van der Waals surface area contributed by atoms with Crippen molar-refractivity contribution in [2.45, 2.75) is 51.9 Å². The molecule has 1 N–H and O–H groups in total. The second-order valence-electron chi connectivity index (χ2n) is 3.41. The standard InChI is InChI=1S/C11H21NO2/c1-3-10(13)8-6-4-5-7-9-11(14)12-2/h3-9H2,1-2H3,(H,12,14)/i2T. The van der Waals surface area contributed by atoms with Crippen LogP contribution in [0.1, 0.15) is 53.2 Å². The summed E-state index contributed by atoms with van der Waals surface area (Å²) in [4.78, 5) is 21.9. The van der Waals surface area contributed by atoms with E-state index in [1.54, 1.807) is 0 Å². The van der Waals surface area contributed by atoms with Gasteiger partial charge in [0.1, 0.15) is 5.78 Å². The molecule has 0 atom stereocenters. The third-order valence-corrected chi connectivity index (χ3v) is 2.20. The number of hydrogen-bond donors (Lipinski definition) is 1. The maximum absolute atomic E-state index is 11.0. The molecule has 0 aliphatic heterocycles. The molecular formula is C11H21NO2. The molecule has 0 heterocycles. The summed E-state index contributed by atoms with van der Waals surface area (Å²) in [6.07, 6.45) is 5.60. The first kappa shape index (κ1) is 11.2. The van der Waals surface area contributed by atoms with E-state index in [1.807, 2.05) is 6.92 Å². The van der Waals surface area contributed by atoms with Crippen molar-refractivity contribution >= 4 is 11.7 Å². The lowest BCUT2D eigenvalue weighted by atomic mass is 10.1. The molecule has 0 aliphatic carbocycles. The number of Topliss-reactive ketones (excluding diaryl/α,β-unsaturated/α-hetero) is 1. The quantitative estimate of drug-likeness (QED) is 0.611. The van der Waals surface area contributed by atoms with Gasteiger partial charge >= 0.3 is 0 Å². The first-order valence-electron chi connectivity index (χ1n) is 5.99. The molecule has 82 valence electrons. The van der Waals surface area contributed by atoms with E-state index in [2.05, 4.69) is 5.32 Å². The molecule has 0 bridgehead atoms. The number of hydrogen-bond acceptors (Lipinski definition) is 2. The van der Waals surface area contributed by atoms with Gasteiger partial charge in [-0.2, -0.15) is 0 Å². The van der Waals surface area contributed by atoms with Crippen LogP contribution in [0.3, 0.4) is 0 Å². The van der Waals surface area contributed by atoms with Crippen LogP contribution in [0, 0.1) is 0 Å². The van der Waals surface area contributed by atoms with Crippen molar-refractivity contribution in [1.29, 1.82) is 0 Å². The minimum atomic E-state index is -0.0466. The van der Waals surface area contributed by atoms with E-state index in [0.29, 0.717) is 25.0 Å². The molecule has 0 saturated carbocycles. The van der Waals surface area contributed by atoms with Crippen LogP contribution in [-0.2, 0) is 9.59 Å². The van der Waals surface area contributed by atoms with E-state index in [1.165, 1.54) is 0 Å². The van der Waals surface area contributed by atoms with Crippen LogP contribution in [0.25, 0.3) is 0 Å². The highest BCUT2D eigenvalue weighted by atomic mass is 16.1. The first-order chi connectivity index (χ1) is 7.20. The highest BCUT2D eigenvalue weighted by molar-refractivity contribution is 5.77. The molecule has 3 heteroatoms. The largest absolute Gasteiger partial charge is 0.359 e. The average molecular weight is 201 g/mol. The van der Waals surface area contributed by atoms with Crippen molar-refractivity contribution in [2.24, 2.45) is 0 Å². The number of unbranched alkanes of at least 4 members (excludes halogenated alkanes) is 3. The Bertz CT molecular complexity index is 195. The minimum Gasteiger partial charge on any atom is -0.359 e. The number of carbonyl (C=O) groups excluding carboxylic acids is 2. The van der Waals surface area contributed by atoms with E-state index >= 15 is 0 Å². The molecule has 0 aliphatic rings. The lowest BCUT2D eigenvalue weighted by molar-refractivity contribution is -0.121. The number of amides is 1. The smallest absolute Gasteiger partial charge is 0.219 e. The van der Waals surface area contributed by atoms with E-state index in [0.717, 1.165) is 25.7 Å². The number of carbonyl (C=O) groups is 2. The average Bonchev–Trinajstić information content (AvgIpc) is 2.23. The molecular weight excluding hydrogens is 178 g/mol. The Morgan fingerprint density at radius 1 is 1.14 bits per heavy atom. The van der Waals surface area contributed by atoms with E-state index in [4.69, 9.17) is 1.37 Å². The van der Waals surface area contributed by atoms with E-state index < -0.39 is 0 Å². The Balaban J connectivity index is 3.18. The summed E-state index contributed by atoms with van der Waals surface area (Å²) in [5.41, 5.74) is 0. The molecule has 0 aromatic carbocycles. The molecule has 0 rings (SSSR count). The monoisotopic (exact) mass is 201 g/mol. The normalized spacial score (nSPS) is 10.8. The highest BCUT2D eigenvalue weighted by Crippen LogP contribution is 2.06. The fraction of sp³-hybridized carbons (Fsp3) is 0.818. The summed E-state index contributed by atoms with van der Waals surface area (Å²) >= 11 is 0. The van der Waals surface area contributed by atoms with Gasteiger partial charge in [-0.3, -0.25) is 9.59 Å². The predicted molar refractivity (Wildman–Crippen MR) is 57.1 cm³/mol. The molecule has 0 aromatic rings. The van der Waals surface area contributed by atoms with Gasteiger partial charge < -0.3 is 5.32 Å². The fourth-order valence-electron chi connectivity index (χ4n) is 1.23. The second-order valence-corrected chi connectivity index (χ2v) is 3.41. The molecule has 0 spiro atoms. The van der Waals surface area contributed by atoms with Gasteiger partial charge in [-0.1, -0.05) is 19.8 Å². The molecule has 0 saturated heterocycles. The summed E-state index contributed by atoms with van der Waals surface area (Å²) in [5.74, 6) is 0.275. The van der Waals surface area contributed by atoms with Crippen molar-refractivity contribution in [3.63, 3.8) is 0 Å². The lowest BCUT2D eigenvalue weighted by Crippen LogP contribution is -2.16. The molecule has 0 unspecified atom stereocenters. The van der Waals surface area contributed by atoms with Crippen molar-refractivity contribution in [1.82, 2.24) is 5.32 Å². The molecule has 1 amide bonds. The second kappa shape index (κ2) is 8.73. The Kier molecular flexibility index (Phi) is 6.99. The van der Waals surface area contributed by atoms with E-state index in [9.17, 15) is 9.59 Å². The minimum absolute atomic E-state index is 0.0379. The van der Waals surface area contributed by atoms with Crippen LogP contribution in [0.5, 0.6) is 0 Å². The van der Waals surface area contributed by atoms with Gasteiger partial charge in [0.05, 0.1) is 0 Å². The number of ketones is 1. The summed E-state index contributed by atoms with van der Waals surface area (Å²) in [7, 11) is -0.0379. The van der Waals surface area contributed by atoms with Crippen molar-refractivity contribution in [2.75, 3.05) is 7.02 Å². The van der Waals surface area contributed by atoms with Crippen molar-refractivity contribution in [3.8, 4) is 0 Å². The van der Waals surface area contributed by atoms with Gasteiger partial charge in [-0.15, -0.1) is 0 Å². The van der Waals surface area contributed by atoms with Crippen LogP contribution in [0.4, 0.5) is 0 Å². The zero-order valence-corrected chi connectivity index (χ0v) is 8.97. The van der Waals surface area contributed by atoms with Crippen molar-refractivity contribution < 1.29 is 11.0 Å². The Morgan fingerprint density at radius 3 is 2.36 bits per heavy atom. The van der Waals surface area contributed by atoms with Gasteiger partial charge in [0.15, 0.2) is 0 Å². The molecule has 0 fully saturated rings. The van der Waals surface area contributed by atoms with Crippen LogP contribution in [0.2, 0.25) is 0 Å². The number of nitrogens with one attached hydrogen (secondary N) is 1.